The monoisotopic (exact) mass is 259 g/mol. The Balaban J connectivity index is 1.88. The summed E-state index contributed by atoms with van der Waals surface area (Å²) in [6.45, 7) is 5.85. The molecule has 0 aliphatic heterocycles. The second-order valence-corrected chi connectivity index (χ2v) is 5.29. The summed E-state index contributed by atoms with van der Waals surface area (Å²) in [4.78, 5) is 20.5. The van der Waals surface area contributed by atoms with Crippen LogP contribution in [0.4, 0.5) is 0 Å². The molecule has 2 aromatic heterocycles. The van der Waals surface area contributed by atoms with Crippen LogP contribution in [0.1, 0.15) is 41.8 Å². The lowest BCUT2D eigenvalue weighted by Gasteiger charge is -2.10. The highest BCUT2D eigenvalue weighted by molar-refractivity contribution is 5.91. The van der Waals surface area contributed by atoms with E-state index in [9.17, 15) is 4.79 Å². The summed E-state index contributed by atoms with van der Waals surface area (Å²) in [6, 6.07) is 2.10. The molecule has 1 aliphatic rings. The first-order valence-corrected chi connectivity index (χ1v) is 6.56. The van der Waals surface area contributed by atoms with Gasteiger partial charge in [-0.1, -0.05) is 0 Å². The van der Waals surface area contributed by atoms with E-state index < -0.39 is 0 Å². The zero-order valence-corrected chi connectivity index (χ0v) is 11.3. The molecule has 0 bridgehead atoms. The summed E-state index contributed by atoms with van der Waals surface area (Å²) in [7, 11) is 0. The fraction of sp³-hybridized carbons (Fsp3) is 0.538. The van der Waals surface area contributed by atoms with Crippen molar-refractivity contribution in [3.63, 3.8) is 0 Å². The van der Waals surface area contributed by atoms with Gasteiger partial charge in [-0.15, -0.1) is 5.10 Å². The summed E-state index contributed by atoms with van der Waals surface area (Å²) < 4.78 is 1.60. The van der Waals surface area contributed by atoms with Gasteiger partial charge in [-0.25, -0.2) is 9.50 Å². The van der Waals surface area contributed by atoms with Crippen molar-refractivity contribution in [2.45, 2.75) is 39.7 Å². The van der Waals surface area contributed by atoms with Crippen LogP contribution in [0.5, 0.6) is 0 Å². The maximum absolute atomic E-state index is 12.1. The van der Waals surface area contributed by atoms with E-state index in [0.717, 1.165) is 11.4 Å². The van der Waals surface area contributed by atoms with Gasteiger partial charge in [-0.2, -0.15) is 4.98 Å². The third kappa shape index (κ3) is 2.30. The van der Waals surface area contributed by atoms with Crippen molar-refractivity contribution in [2.24, 2.45) is 5.92 Å². The van der Waals surface area contributed by atoms with E-state index in [1.165, 1.54) is 12.8 Å². The molecule has 100 valence electrons. The van der Waals surface area contributed by atoms with E-state index in [1.807, 2.05) is 26.8 Å². The third-order valence-corrected chi connectivity index (χ3v) is 3.51. The summed E-state index contributed by atoms with van der Waals surface area (Å²) in [5.74, 6) is 1.06. The Morgan fingerprint density at radius 3 is 2.84 bits per heavy atom. The van der Waals surface area contributed by atoms with Gasteiger partial charge in [-0.05, 0) is 45.6 Å². The van der Waals surface area contributed by atoms with Crippen molar-refractivity contribution >= 4 is 11.7 Å². The number of aromatic nitrogens is 4. The Morgan fingerprint density at radius 1 is 1.42 bits per heavy atom. The lowest BCUT2D eigenvalue weighted by Crippen LogP contribution is -2.34. The Labute approximate surface area is 111 Å². The van der Waals surface area contributed by atoms with E-state index in [2.05, 4.69) is 20.4 Å². The molecule has 2 heterocycles. The van der Waals surface area contributed by atoms with Gasteiger partial charge in [0.05, 0.1) is 0 Å². The van der Waals surface area contributed by atoms with Gasteiger partial charge in [0, 0.05) is 17.4 Å². The van der Waals surface area contributed by atoms with Crippen molar-refractivity contribution in [3.8, 4) is 0 Å². The maximum Gasteiger partial charge on any atom is 0.291 e. The lowest BCUT2D eigenvalue weighted by molar-refractivity contribution is 0.0925. The molecule has 0 saturated heterocycles. The largest absolute Gasteiger partial charge is 0.347 e. The van der Waals surface area contributed by atoms with Crippen LogP contribution in [-0.4, -0.2) is 31.5 Å². The molecule has 19 heavy (non-hydrogen) atoms. The molecule has 0 spiro atoms. The molecule has 0 aromatic carbocycles. The van der Waals surface area contributed by atoms with Crippen LogP contribution < -0.4 is 5.32 Å². The molecule has 0 unspecified atom stereocenters. The molecule has 2 aromatic rings. The molecular formula is C13H17N5O. The van der Waals surface area contributed by atoms with Crippen LogP contribution in [0.3, 0.4) is 0 Å². The molecule has 1 saturated carbocycles. The number of carbonyl (C=O) groups is 1. The Bertz CT molecular complexity index is 644. The highest BCUT2D eigenvalue weighted by atomic mass is 16.2. The van der Waals surface area contributed by atoms with Crippen LogP contribution in [0.15, 0.2) is 6.07 Å². The first-order valence-electron chi connectivity index (χ1n) is 6.56. The second kappa shape index (κ2) is 4.29. The molecule has 1 N–H and O–H groups in total. The number of nitrogens with one attached hydrogen (secondary N) is 1. The Kier molecular flexibility index (Phi) is 2.73. The van der Waals surface area contributed by atoms with E-state index in [4.69, 9.17) is 0 Å². The zero-order chi connectivity index (χ0) is 13.6. The van der Waals surface area contributed by atoms with Gasteiger partial charge in [-0.3, -0.25) is 4.79 Å². The number of hydrogen-bond donors (Lipinski definition) is 1. The SMILES string of the molecule is Cc1cc(C)n2nc(C(=O)N[C@H](C)C3CC3)nc2n1. The van der Waals surface area contributed by atoms with Crippen molar-refractivity contribution in [3.05, 3.63) is 23.3 Å². The second-order valence-electron chi connectivity index (χ2n) is 5.29. The quantitative estimate of drug-likeness (QED) is 0.901. The van der Waals surface area contributed by atoms with Gasteiger partial charge in [0.25, 0.3) is 11.7 Å². The molecule has 1 fully saturated rings. The number of nitrogens with zero attached hydrogens (tertiary/aromatic N) is 4. The van der Waals surface area contributed by atoms with Gasteiger partial charge in [0.1, 0.15) is 0 Å². The number of hydrogen-bond acceptors (Lipinski definition) is 4. The van der Waals surface area contributed by atoms with Crippen LogP contribution in [0.2, 0.25) is 0 Å². The molecule has 3 rings (SSSR count). The highest BCUT2D eigenvalue weighted by Gasteiger charge is 2.30. The maximum atomic E-state index is 12.1. The molecule has 1 atom stereocenters. The average Bonchev–Trinajstić information content (AvgIpc) is 3.09. The number of carbonyl (C=O) groups excluding carboxylic acids is 1. The number of amides is 1. The molecule has 6 nitrogen and oxygen atoms in total. The highest BCUT2D eigenvalue weighted by Crippen LogP contribution is 2.32. The van der Waals surface area contributed by atoms with Gasteiger partial charge in [0.2, 0.25) is 5.82 Å². The van der Waals surface area contributed by atoms with Gasteiger partial charge < -0.3 is 5.32 Å². The third-order valence-electron chi connectivity index (χ3n) is 3.51. The predicted molar refractivity (Wildman–Crippen MR) is 69.9 cm³/mol. The fourth-order valence-electron chi connectivity index (χ4n) is 2.25. The summed E-state index contributed by atoms with van der Waals surface area (Å²) >= 11 is 0. The lowest BCUT2D eigenvalue weighted by atomic mass is 10.2. The van der Waals surface area contributed by atoms with Crippen LogP contribution in [-0.2, 0) is 0 Å². The molecule has 6 heteroatoms. The minimum atomic E-state index is -0.220. The molecule has 1 amide bonds. The topological polar surface area (TPSA) is 72.2 Å². The van der Waals surface area contributed by atoms with Crippen molar-refractivity contribution < 1.29 is 4.79 Å². The first-order chi connectivity index (χ1) is 9.04. The van der Waals surface area contributed by atoms with Crippen molar-refractivity contribution in [1.29, 1.82) is 0 Å². The smallest absolute Gasteiger partial charge is 0.291 e. The Morgan fingerprint density at radius 2 is 2.16 bits per heavy atom. The zero-order valence-electron chi connectivity index (χ0n) is 11.3. The summed E-state index contributed by atoms with van der Waals surface area (Å²) in [5.41, 5.74) is 1.79. The van der Waals surface area contributed by atoms with E-state index in [1.54, 1.807) is 4.52 Å². The van der Waals surface area contributed by atoms with Gasteiger partial charge >= 0.3 is 0 Å². The summed E-state index contributed by atoms with van der Waals surface area (Å²) in [5, 5.41) is 7.17. The minimum absolute atomic E-state index is 0.189. The minimum Gasteiger partial charge on any atom is -0.347 e. The summed E-state index contributed by atoms with van der Waals surface area (Å²) in [6.07, 6.45) is 2.39. The Hall–Kier alpha value is -1.98. The van der Waals surface area contributed by atoms with E-state index >= 15 is 0 Å². The number of aryl methyl sites for hydroxylation is 2. The normalized spacial score (nSPS) is 16.6. The number of fused-ring (bicyclic) bond motifs is 1. The van der Waals surface area contributed by atoms with Crippen LogP contribution in [0.25, 0.3) is 5.78 Å². The standard InChI is InChI=1S/C13H17N5O/c1-7-6-8(2)18-13(14-7)16-11(17-18)12(19)15-9(3)10-4-5-10/h6,9-10H,4-5H2,1-3H3,(H,15,19)/t9-/m1/s1. The number of rotatable bonds is 3. The van der Waals surface area contributed by atoms with E-state index in [0.29, 0.717) is 11.7 Å². The van der Waals surface area contributed by atoms with E-state index in [-0.39, 0.29) is 17.8 Å². The fourth-order valence-corrected chi connectivity index (χ4v) is 2.25. The van der Waals surface area contributed by atoms with Crippen LogP contribution >= 0.6 is 0 Å². The van der Waals surface area contributed by atoms with Gasteiger partial charge in [0.15, 0.2) is 0 Å². The molecule has 1 aliphatic carbocycles. The van der Waals surface area contributed by atoms with Crippen molar-refractivity contribution in [1.82, 2.24) is 24.9 Å². The van der Waals surface area contributed by atoms with Crippen LogP contribution in [0, 0.1) is 19.8 Å². The first kappa shape index (κ1) is 12.1. The molecule has 0 radical (unpaired) electrons. The average molecular weight is 259 g/mol. The molecular weight excluding hydrogens is 242 g/mol. The predicted octanol–water partition coefficient (Wildman–Crippen LogP) is 1.27. The van der Waals surface area contributed by atoms with Crippen molar-refractivity contribution in [2.75, 3.05) is 0 Å².